The van der Waals surface area contributed by atoms with Gasteiger partial charge in [0.1, 0.15) is 5.82 Å². The van der Waals surface area contributed by atoms with E-state index in [0.717, 1.165) is 19.2 Å². The summed E-state index contributed by atoms with van der Waals surface area (Å²) >= 11 is 0. The van der Waals surface area contributed by atoms with Crippen LogP contribution in [0.2, 0.25) is 0 Å². The molecule has 1 heterocycles. The van der Waals surface area contributed by atoms with Gasteiger partial charge >= 0.3 is 5.97 Å². The van der Waals surface area contributed by atoms with Crippen molar-refractivity contribution in [2.45, 2.75) is 0 Å². The Bertz CT molecular complexity index is 542. The number of anilines is 1. The fourth-order valence-electron chi connectivity index (χ4n) is 2.05. The predicted molar refractivity (Wildman–Crippen MR) is 75.2 cm³/mol. The Morgan fingerprint density at radius 3 is 2.62 bits per heavy atom. The molecule has 1 aromatic rings. The second-order valence-corrected chi connectivity index (χ2v) is 5.00. The summed E-state index contributed by atoms with van der Waals surface area (Å²) in [6.45, 7) is 2.36. The van der Waals surface area contributed by atoms with E-state index in [2.05, 4.69) is 4.90 Å². The Hall–Kier alpha value is -2.15. The topological polar surface area (TPSA) is 75.9 Å². The Morgan fingerprint density at radius 2 is 1.95 bits per heavy atom. The third-order valence-corrected chi connectivity index (χ3v) is 3.39. The standard InChI is InChI=1S/C14H18FN3O3/c1-17-4-6-18(7-5-17)13(19)9-21-14(20)11-8-10(16)2-3-12(11)15/h2-3,8H,4-7,9,16H2,1H3. The molecule has 0 bridgehead atoms. The number of amides is 1. The molecule has 7 heteroatoms. The Morgan fingerprint density at radius 1 is 1.29 bits per heavy atom. The largest absolute Gasteiger partial charge is 0.452 e. The van der Waals surface area contributed by atoms with Crippen molar-refractivity contribution in [2.24, 2.45) is 0 Å². The lowest BCUT2D eigenvalue weighted by atomic mass is 10.2. The molecule has 2 N–H and O–H groups in total. The van der Waals surface area contributed by atoms with Crippen LogP contribution in [0.3, 0.4) is 0 Å². The minimum absolute atomic E-state index is 0.258. The number of benzene rings is 1. The van der Waals surface area contributed by atoms with E-state index < -0.39 is 18.4 Å². The van der Waals surface area contributed by atoms with E-state index >= 15 is 0 Å². The molecule has 1 amide bonds. The number of nitrogen functional groups attached to an aromatic ring is 1. The molecule has 0 radical (unpaired) electrons. The van der Waals surface area contributed by atoms with E-state index in [4.69, 9.17) is 10.5 Å². The molecule has 2 rings (SSSR count). The molecule has 0 spiro atoms. The van der Waals surface area contributed by atoms with E-state index in [9.17, 15) is 14.0 Å². The van der Waals surface area contributed by atoms with Crippen LogP contribution < -0.4 is 5.73 Å². The number of hydrogen-bond acceptors (Lipinski definition) is 5. The first-order chi connectivity index (χ1) is 9.97. The van der Waals surface area contributed by atoms with Gasteiger partial charge in [0.2, 0.25) is 0 Å². The van der Waals surface area contributed by atoms with Crippen LogP contribution in [0, 0.1) is 5.82 Å². The molecule has 1 fully saturated rings. The van der Waals surface area contributed by atoms with Crippen molar-refractivity contribution in [1.29, 1.82) is 0 Å². The fraction of sp³-hybridized carbons (Fsp3) is 0.429. The van der Waals surface area contributed by atoms with Gasteiger partial charge in [-0.05, 0) is 25.2 Å². The summed E-state index contributed by atoms with van der Waals surface area (Å²) < 4.78 is 18.4. The van der Waals surface area contributed by atoms with Gasteiger partial charge in [-0.25, -0.2) is 9.18 Å². The molecule has 0 aromatic heterocycles. The summed E-state index contributed by atoms with van der Waals surface area (Å²) in [6, 6.07) is 3.63. The number of esters is 1. The van der Waals surface area contributed by atoms with Gasteiger partial charge in [0.05, 0.1) is 5.56 Å². The number of nitrogens with zero attached hydrogens (tertiary/aromatic N) is 2. The average molecular weight is 295 g/mol. The highest BCUT2D eigenvalue weighted by Crippen LogP contribution is 2.13. The molecule has 1 saturated heterocycles. The number of hydrogen-bond donors (Lipinski definition) is 1. The molecule has 21 heavy (non-hydrogen) atoms. The lowest BCUT2D eigenvalue weighted by Crippen LogP contribution is -2.48. The molecule has 114 valence electrons. The first kappa shape index (κ1) is 15.2. The molecule has 0 unspecified atom stereocenters. The maximum atomic E-state index is 13.5. The van der Waals surface area contributed by atoms with Gasteiger partial charge < -0.3 is 20.3 Å². The Labute approximate surface area is 122 Å². The van der Waals surface area contributed by atoms with Crippen molar-refractivity contribution in [3.05, 3.63) is 29.6 Å². The number of carbonyl (C=O) groups is 2. The monoisotopic (exact) mass is 295 g/mol. The van der Waals surface area contributed by atoms with Crippen molar-refractivity contribution in [3.63, 3.8) is 0 Å². The van der Waals surface area contributed by atoms with Crippen LogP contribution in [0.4, 0.5) is 10.1 Å². The van der Waals surface area contributed by atoms with Crippen LogP contribution in [-0.2, 0) is 9.53 Å². The second-order valence-electron chi connectivity index (χ2n) is 5.00. The Balaban J connectivity index is 1.89. The van der Waals surface area contributed by atoms with Gasteiger partial charge in [0.15, 0.2) is 6.61 Å². The van der Waals surface area contributed by atoms with Crippen LogP contribution in [0.15, 0.2) is 18.2 Å². The van der Waals surface area contributed by atoms with Gasteiger partial charge in [-0.2, -0.15) is 0 Å². The van der Waals surface area contributed by atoms with E-state index in [0.29, 0.717) is 13.1 Å². The molecule has 6 nitrogen and oxygen atoms in total. The summed E-state index contributed by atoms with van der Waals surface area (Å²) in [5.41, 5.74) is 5.49. The SMILES string of the molecule is CN1CCN(C(=O)COC(=O)c2cc(N)ccc2F)CC1. The van der Waals surface area contributed by atoms with E-state index in [1.165, 1.54) is 12.1 Å². The summed E-state index contributed by atoms with van der Waals surface area (Å²) in [4.78, 5) is 27.4. The van der Waals surface area contributed by atoms with Crippen molar-refractivity contribution in [2.75, 3.05) is 45.6 Å². The molecular weight excluding hydrogens is 277 g/mol. The third kappa shape index (κ3) is 3.91. The van der Waals surface area contributed by atoms with Gasteiger partial charge in [-0.1, -0.05) is 0 Å². The zero-order chi connectivity index (χ0) is 15.4. The van der Waals surface area contributed by atoms with Crippen LogP contribution in [0.1, 0.15) is 10.4 Å². The quantitative estimate of drug-likeness (QED) is 0.643. The highest BCUT2D eigenvalue weighted by atomic mass is 19.1. The molecule has 1 aliphatic heterocycles. The maximum Gasteiger partial charge on any atom is 0.341 e. The summed E-state index contributed by atoms with van der Waals surface area (Å²) in [7, 11) is 1.98. The smallest absolute Gasteiger partial charge is 0.341 e. The zero-order valence-electron chi connectivity index (χ0n) is 11.8. The second kappa shape index (κ2) is 6.53. The maximum absolute atomic E-state index is 13.5. The predicted octanol–water partition coefficient (Wildman–Crippen LogP) is 0.339. The van der Waals surface area contributed by atoms with Crippen LogP contribution in [-0.4, -0.2) is 61.5 Å². The molecule has 0 atom stereocenters. The van der Waals surface area contributed by atoms with Crippen LogP contribution in [0.5, 0.6) is 0 Å². The molecule has 0 saturated carbocycles. The number of halogens is 1. The number of carbonyl (C=O) groups excluding carboxylic acids is 2. The van der Waals surface area contributed by atoms with Crippen molar-refractivity contribution in [1.82, 2.24) is 9.80 Å². The fourth-order valence-corrected chi connectivity index (χ4v) is 2.05. The van der Waals surface area contributed by atoms with E-state index in [-0.39, 0.29) is 17.2 Å². The van der Waals surface area contributed by atoms with Crippen LogP contribution >= 0.6 is 0 Å². The van der Waals surface area contributed by atoms with Gasteiger partial charge in [-0.3, -0.25) is 4.79 Å². The minimum atomic E-state index is -0.887. The molecule has 1 aliphatic rings. The number of piperazine rings is 1. The summed E-state index contributed by atoms with van der Waals surface area (Å²) in [5.74, 6) is -1.88. The normalized spacial score (nSPS) is 15.8. The van der Waals surface area contributed by atoms with Gasteiger partial charge in [0.25, 0.3) is 5.91 Å². The number of nitrogens with two attached hydrogens (primary N) is 1. The number of rotatable bonds is 3. The van der Waals surface area contributed by atoms with Crippen molar-refractivity contribution in [3.8, 4) is 0 Å². The average Bonchev–Trinajstić information content (AvgIpc) is 2.47. The highest BCUT2D eigenvalue weighted by molar-refractivity contribution is 5.92. The van der Waals surface area contributed by atoms with Crippen molar-refractivity contribution >= 4 is 17.6 Å². The highest BCUT2D eigenvalue weighted by Gasteiger charge is 2.21. The summed E-state index contributed by atoms with van der Waals surface area (Å²) in [5, 5.41) is 0. The van der Waals surface area contributed by atoms with Crippen LogP contribution in [0.25, 0.3) is 0 Å². The first-order valence-electron chi connectivity index (χ1n) is 6.66. The number of ether oxygens (including phenoxy) is 1. The van der Waals surface area contributed by atoms with E-state index in [1.807, 2.05) is 7.05 Å². The first-order valence-corrected chi connectivity index (χ1v) is 6.66. The molecule has 1 aromatic carbocycles. The number of likely N-dealkylation sites (N-methyl/N-ethyl adjacent to an activating group) is 1. The van der Waals surface area contributed by atoms with Gasteiger partial charge in [0, 0.05) is 31.9 Å². The third-order valence-electron chi connectivity index (χ3n) is 3.39. The van der Waals surface area contributed by atoms with Gasteiger partial charge in [-0.15, -0.1) is 0 Å². The lowest BCUT2D eigenvalue weighted by molar-refractivity contribution is -0.136. The summed E-state index contributed by atoms with van der Waals surface area (Å²) in [6.07, 6.45) is 0. The minimum Gasteiger partial charge on any atom is -0.452 e. The lowest BCUT2D eigenvalue weighted by Gasteiger charge is -2.32. The van der Waals surface area contributed by atoms with E-state index in [1.54, 1.807) is 4.90 Å². The Kier molecular flexibility index (Phi) is 4.74. The zero-order valence-corrected chi connectivity index (χ0v) is 11.8. The molecular formula is C14H18FN3O3. The molecule has 0 aliphatic carbocycles. The van der Waals surface area contributed by atoms with Crippen molar-refractivity contribution < 1.29 is 18.7 Å².